The van der Waals surface area contributed by atoms with Crippen molar-refractivity contribution in [3.05, 3.63) is 28.2 Å². The number of hydrogen-bond acceptors (Lipinski definition) is 3. The number of aliphatic hydroxyl groups is 1. The molecule has 1 aliphatic heterocycles. The standard InChI is InChI=1S/C10H11BrO3S/c1-6(12)7-5-15(13,14)9-4-2-3-8(11)10(7)9/h2-4,6-7,12H,5H2,1H3. The number of aliphatic hydroxyl groups excluding tert-OH is 1. The Bertz CT molecular complexity index is 493. The van der Waals surface area contributed by atoms with Crippen molar-refractivity contribution in [2.75, 3.05) is 5.75 Å². The van der Waals surface area contributed by atoms with Gasteiger partial charge in [-0.05, 0) is 24.6 Å². The summed E-state index contributed by atoms with van der Waals surface area (Å²) in [7, 11) is -3.21. The first kappa shape index (κ1) is 11.1. The van der Waals surface area contributed by atoms with Gasteiger partial charge in [0.05, 0.1) is 16.8 Å². The number of hydrogen-bond donors (Lipinski definition) is 1. The first-order valence-corrected chi connectivity index (χ1v) is 7.07. The number of rotatable bonds is 1. The Morgan fingerprint density at radius 1 is 1.53 bits per heavy atom. The van der Waals surface area contributed by atoms with Gasteiger partial charge < -0.3 is 5.11 Å². The van der Waals surface area contributed by atoms with Crippen LogP contribution in [0, 0.1) is 0 Å². The van der Waals surface area contributed by atoms with Crippen LogP contribution in [-0.2, 0) is 9.84 Å². The minimum Gasteiger partial charge on any atom is -0.393 e. The quantitative estimate of drug-likeness (QED) is 0.857. The van der Waals surface area contributed by atoms with Crippen molar-refractivity contribution in [1.82, 2.24) is 0 Å². The highest BCUT2D eigenvalue weighted by Gasteiger charge is 2.38. The van der Waals surface area contributed by atoms with Gasteiger partial charge in [0.2, 0.25) is 0 Å². The molecule has 3 nitrogen and oxygen atoms in total. The van der Waals surface area contributed by atoms with Crippen LogP contribution in [0.2, 0.25) is 0 Å². The first-order chi connectivity index (χ1) is 6.93. The molecular weight excluding hydrogens is 280 g/mol. The van der Waals surface area contributed by atoms with Gasteiger partial charge in [0.15, 0.2) is 9.84 Å². The minimum atomic E-state index is -3.21. The van der Waals surface area contributed by atoms with E-state index in [-0.39, 0.29) is 11.7 Å². The second kappa shape index (κ2) is 3.57. The first-order valence-electron chi connectivity index (χ1n) is 4.62. The summed E-state index contributed by atoms with van der Waals surface area (Å²) in [5, 5.41) is 9.57. The van der Waals surface area contributed by atoms with Crippen LogP contribution in [0.25, 0.3) is 0 Å². The second-order valence-electron chi connectivity index (χ2n) is 3.78. The van der Waals surface area contributed by atoms with E-state index in [1.165, 1.54) is 0 Å². The summed E-state index contributed by atoms with van der Waals surface area (Å²) in [6, 6.07) is 5.09. The van der Waals surface area contributed by atoms with Crippen LogP contribution < -0.4 is 0 Å². The molecule has 0 radical (unpaired) electrons. The summed E-state index contributed by atoms with van der Waals surface area (Å²) >= 11 is 3.33. The Morgan fingerprint density at radius 3 is 2.80 bits per heavy atom. The molecule has 15 heavy (non-hydrogen) atoms. The molecule has 82 valence electrons. The van der Waals surface area contributed by atoms with E-state index in [1.807, 2.05) is 0 Å². The lowest BCUT2D eigenvalue weighted by molar-refractivity contribution is 0.170. The maximum absolute atomic E-state index is 11.8. The van der Waals surface area contributed by atoms with Gasteiger partial charge in [-0.25, -0.2) is 8.42 Å². The summed E-state index contributed by atoms with van der Waals surface area (Å²) in [5.74, 6) is -0.316. The molecule has 0 saturated heterocycles. The molecule has 0 spiro atoms. The molecule has 0 aliphatic carbocycles. The third-order valence-corrected chi connectivity index (χ3v) is 5.22. The fraction of sp³-hybridized carbons (Fsp3) is 0.400. The SMILES string of the molecule is CC(O)C1CS(=O)(=O)c2cccc(Br)c21. The van der Waals surface area contributed by atoms with Crippen molar-refractivity contribution >= 4 is 25.8 Å². The predicted molar refractivity (Wildman–Crippen MR) is 60.6 cm³/mol. The topological polar surface area (TPSA) is 54.4 Å². The highest BCUT2D eigenvalue weighted by molar-refractivity contribution is 9.10. The Hall–Kier alpha value is -0.390. The minimum absolute atomic E-state index is 0.00259. The highest BCUT2D eigenvalue weighted by atomic mass is 79.9. The summed E-state index contributed by atoms with van der Waals surface area (Å²) in [6.45, 7) is 1.62. The van der Waals surface area contributed by atoms with E-state index in [1.54, 1.807) is 25.1 Å². The normalized spacial score (nSPS) is 24.9. The molecule has 5 heteroatoms. The molecule has 0 amide bonds. The molecule has 2 unspecified atom stereocenters. The molecule has 0 saturated carbocycles. The van der Waals surface area contributed by atoms with Crippen LogP contribution in [0.4, 0.5) is 0 Å². The van der Waals surface area contributed by atoms with Crippen LogP contribution in [0.1, 0.15) is 18.4 Å². The zero-order chi connectivity index (χ0) is 11.2. The largest absolute Gasteiger partial charge is 0.393 e. The Morgan fingerprint density at radius 2 is 2.20 bits per heavy atom. The Balaban J connectivity index is 2.69. The average molecular weight is 291 g/mol. The van der Waals surface area contributed by atoms with Gasteiger partial charge in [-0.3, -0.25) is 0 Å². The van der Waals surface area contributed by atoms with Crippen molar-refractivity contribution in [1.29, 1.82) is 0 Å². The van der Waals surface area contributed by atoms with Crippen LogP contribution in [0.5, 0.6) is 0 Å². The Kier molecular flexibility index (Phi) is 2.65. The van der Waals surface area contributed by atoms with Crippen molar-refractivity contribution in [2.24, 2.45) is 0 Å². The van der Waals surface area contributed by atoms with Crippen LogP contribution >= 0.6 is 15.9 Å². The molecule has 2 atom stereocenters. The van der Waals surface area contributed by atoms with E-state index in [4.69, 9.17) is 0 Å². The molecule has 0 aromatic heterocycles. The van der Waals surface area contributed by atoms with Gasteiger partial charge in [-0.15, -0.1) is 0 Å². The molecular formula is C10H11BrO3S. The zero-order valence-corrected chi connectivity index (χ0v) is 10.5. The summed E-state index contributed by atoms with van der Waals surface area (Å²) in [5.41, 5.74) is 0.715. The van der Waals surface area contributed by atoms with Gasteiger partial charge >= 0.3 is 0 Å². The molecule has 0 bridgehead atoms. The fourth-order valence-electron chi connectivity index (χ4n) is 1.94. The van der Waals surface area contributed by atoms with Gasteiger partial charge in [-0.1, -0.05) is 22.0 Å². The van der Waals surface area contributed by atoms with Crippen molar-refractivity contribution in [3.8, 4) is 0 Å². The molecule has 1 aromatic carbocycles. The summed E-state index contributed by atoms with van der Waals surface area (Å²) < 4.78 is 24.3. The lowest BCUT2D eigenvalue weighted by Crippen LogP contribution is -2.16. The van der Waals surface area contributed by atoms with Gasteiger partial charge in [-0.2, -0.15) is 0 Å². The van der Waals surface area contributed by atoms with E-state index in [2.05, 4.69) is 15.9 Å². The van der Waals surface area contributed by atoms with Crippen molar-refractivity contribution in [2.45, 2.75) is 23.8 Å². The monoisotopic (exact) mass is 290 g/mol. The molecule has 1 heterocycles. The number of sulfone groups is 1. The van der Waals surface area contributed by atoms with Crippen LogP contribution in [-0.4, -0.2) is 25.4 Å². The fourth-order valence-corrected chi connectivity index (χ4v) is 4.71. The summed E-state index contributed by atoms with van der Waals surface area (Å²) in [4.78, 5) is 0.350. The number of fused-ring (bicyclic) bond motifs is 1. The van der Waals surface area contributed by atoms with E-state index >= 15 is 0 Å². The molecule has 1 aromatic rings. The van der Waals surface area contributed by atoms with Crippen LogP contribution in [0.15, 0.2) is 27.6 Å². The van der Waals surface area contributed by atoms with E-state index in [0.717, 1.165) is 4.47 Å². The maximum Gasteiger partial charge on any atom is 0.179 e. The van der Waals surface area contributed by atoms with Crippen LogP contribution in [0.3, 0.4) is 0 Å². The molecule has 0 fully saturated rings. The van der Waals surface area contributed by atoms with E-state index < -0.39 is 15.9 Å². The van der Waals surface area contributed by atoms with E-state index in [0.29, 0.717) is 10.5 Å². The van der Waals surface area contributed by atoms with Crippen molar-refractivity contribution in [3.63, 3.8) is 0 Å². The average Bonchev–Trinajstić information content (AvgIpc) is 2.40. The van der Waals surface area contributed by atoms with Gasteiger partial charge in [0, 0.05) is 10.4 Å². The maximum atomic E-state index is 11.8. The lowest BCUT2D eigenvalue weighted by Gasteiger charge is -2.14. The number of halogens is 1. The lowest BCUT2D eigenvalue weighted by atomic mass is 9.97. The zero-order valence-electron chi connectivity index (χ0n) is 8.14. The smallest absolute Gasteiger partial charge is 0.179 e. The second-order valence-corrected chi connectivity index (χ2v) is 6.64. The van der Waals surface area contributed by atoms with E-state index in [9.17, 15) is 13.5 Å². The van der Waals surface area contributed by atoms with Gasteiger partial charge in [0.25, 0.3) is 0 Å². The highest BCUT2D eigenvalue weighted by Crippen LogP contribution is 2.40. The Labute approximate surface area is 97.2 Å². The third-order valence-electron chi connectivity index (χ3n) is 2.70. The molecule has 1 aliphatic rings. The van der Waals surface area contributed by atoms with Crippen molar-refractivity contribution < 1.29 is 13.5 Å². The predicted octanol–water partition coefficient (Wildman–Crippen LogP) is 1.70. The van der Waals surface area contributed by atoms with Gasteiger partial charge in [0.1, 0.15) is 0 Å². The molecule has 1 N–H and O–H groups in total. The molecule has 2 rings (SSSR count). The third kappa shape index (κ3) is 1.73. The number of benzene rings is 1. The summed E-state index contributed by atoms with van der Waals surface area (Å²) in [6.07, 6.45) is -0.653.